The molecule has 0 radical (unpaired) electrons. The summed E-state index contributed by atoms with van der Waals surface area (Å²) in [6.45, 7) is 0. The first-order valence-corrected chi connectivity index (χ1v) is 4.97. The summed E-state index contributed by atoms with van der Waals surface area (Å²) in [5.41, 5.74) is 3.94. The highest BCUT2D eigenvalue weighted by Gasteiger charge is 1.98. The zero-order chi connectivity index (χ0) is 11.4. The molecule has 0 aliphatic heterocycles. The number of hydrogen-bond donors (Lipinski definition) is 0. The van der Waals surface area contributed by atoms with E-state index in [9.17, 15) is 0 Å². The van der Waals surface area contributed by atoms with Crippen LogP contribution in [-0.2, 0) is 0 Å². The maximum Gasteiger partial charge on any atom is 0.0248 e. The summed E-state index contributed by atoms with van der Waals surface area (Å²) in [5.74, 6) is 5.25. The molecule has 0 aliphatic carbocycles. The van der Waals surface area contributed by atoms with Crippen LogP contribution in [0.1, 0.15) is 11.1 Å². The van der Waals surface area contributed by atoms with Crippen LogP contribution < -0.4 is 0 Å². The van der Waals surface area contributed by atoms with Crippen molar-refractivity contribution in [2.75, 3.05) is 0 Å². The standard InChI is InChI=1S/C16H10/c1-3-13-7-5-9-15(11-13)16-10-6-8-14(4-2)12-16/h1-2,5-12H. The van der Waals surface area contributed by atoms with Gasteiger partial charge in [0.05, 0.1) is 0 Å². The van der Waals surface area contributed by atoms with E-state index in [1.807, 2.05) is 48.5 Å². The quantitative estimate of drug-likeness (QED) is 0.622. The van der Waals surface area contributed by atoms with Gasteiger partial charge in [-0.3, -0.25) is 0 Å². The van der Waals surface area contributed by atoms with Crippen molar-refractivity contribution in [3.63, 3.8) is 0 Å². The third-order valence-corrected chi connectivity index (χ3v) is 2.39. The lowest BCUT2D eigenvalue weighted by Crippen LogP contribution is -1.81. The predicted octanol–water partition coefficient (Wildman–Crippen LogP) is 3.32. The fourth-order valence-corrected chi connectivity index (χ4v) is 1.58. The Bertz CT molecular complexity index is 536. The molecular formula is C16H10. The van der Waals surface area contributed by atoms with E-state index in [4.69, 9.17) is 12.8 Å². The predicted molar refractivity (Wildman–Crippen MR) is 67.7 cm³/mol. The Morgan fingerprint density at radius 1 is 0.688 bits per heavy atom. The molecule has 0 amide bonds. The van der Waals surface area contributed by atoms with Crippen LogP contribution in [0.15, 0.2) is 48.5 Å². The lowest BCUT2D eigenvalue weighted by Gasteiger charge is -2.02. The monoisotopic (exact) mass is 202 g/mol. The second-order valence-electron chi connectivity index (χ2n) is 3.45. The van der Waals surface area contributed by atoms with Gasteiger partial charge in [-0.25, -0.2) is 0 Å². The summed E-state index contributed by atoms with van der Waals surface area (Å²) in [6.07, 6.45) is 10.7. The van der Waals surface area contributed by atoms with Crippen LogP contribution in [0.5, 0.6) is 0 Å². The van der Waals surface area contributed by atoms with Crippen LogP contribution in [0.2, 0.25) is 0 Å². The van der Waals surface area contributed by atoms with Crippen LogP contribution in [0.4, 0.5) is 0 Å². The first kappa shape index (κ1) is 10.1. The molecule has 0 saturated heterocycles. The SMILES string of the molecule is C#Cc1cccc(-c2cccc(C#C)c2)c1. The van der Waals surface area contributed by atoms with Crippen LogP contribution in [-0.4, -0.2) is 0 Å². The minimum Gasteiger partial charge on any atom is -0.115 e. The molecule has 16 heavy (non-hydrogen) atoms. The fraction of sp³-hybridized carbons (Fsp3) is 0. The van der Waals surface area contributed by atoms with E-state index in [-0.39, 0.29) is 0 Å². The highest BCUT2D eigenvalue weighted by Crippen LogP contribution is 2.21. The molecule has 0 unspecified atom stereocenters. The molecule has 74 valence electrons. The summed E-state index contributed by atoms with van der Waals surface area (Å²) in [4.78, 5) is 0. The molecule has 2 aromatic rings. The molecule has 0 atom stereocenters. The fourth-order valence-electron chi connectivity index (χ4n) is 1.58. The molecule has 0 aromatic heterocycles. The van der Waals surface area contributed by atoms with Crippen LogP contribution in [0.25, 0.3) is 11.1 Å². The Balaban J connectivity index is 2.51. The minimum absolute atomic E-state index is 0.878. The minimum atomic E-state index is 0.878. The number of rotatable bonds is 1. The molecule has 0 spiro atoms. The van der Waals surface area contributed by atoms with Gasteiger partial charge in [-0.1, -0.05) is 36.1 Å². The van der Waals surface area contributed by atoms with E-state index in [0.29, 0.717) is 0 Å². The Hall–Kier alpha value is -2.44. The van der Waals surface area contributed by atoms with Crippen molar-refractivity contribution < 1.29 is 0 Å². The van der Waals surface area contributed by atoms with E-state index in [1.54, 1.807) is 0 Å². The molecule has 2 aromatic carbocycles. The van der Waals surface area contributed by atoms with Gasteiger partial charge >= 0.3 is 0 Å². The lowest BCUT2D eigenvalue weighted by atomic mass is 10.0. The highest BCUT2D eigenvalue weighted by atomic mass is 14.0. The van der Waals surface area contributed by atoms with Crippen LogP contribution in [0, 0.1) is 24.7 Å². The summed E-state index contributed by atoms with van der Waals surface area (Å²) in [6, 6.07) is 15.7. The van der Waals surface area contributed by atoms with Crippen molar-refractivity contribution in [3.8, 4) is 35.8 Å². The highest BCUT2D eigenvalue weighted by molar-refractivity contribution is 5.67. The van der Waals surface area contributed by atoms with Crippen molar-refractivity contribution in [2.24, 2.45) is 0 Å². The Morgan fingerprint density at radius 2 is 1.12 bits per heavy atom. The van der Waals surface area contributed by atoms with Crippen LogP contribution in [0.3, 0.4) is 0 Å². The normalized spacial score (nSPS) is 9.12. The molecule has 0 heterocycles. The smallest absolute Gasteiger partial charge is 0.0248 e. The van der Waals surface area contributed by atoms with Crippen molar-refractivity contribution in [2.45, 2.75) is 0 Å². The third-order valence-electron chi connectivity index (χ3n) is 2.39. The Labute approximate surface area is 95.9 Å². The van der Waals surface area contributed by atoms with Gasteiger partial charge in [0.25, 0.3) is 0 Å². The Kier molecular flexibility index (Phi) is 2.77. The topological polar surface area (TPSA) is 0 Å². The first-order chi connectivity index (χ1) is 7.83. The van der Waals surface area contributed by atoms with Gasteiger partial charge in [0, 0.05) is 11.1 Å². The van der Waals surface area contributed by atoms with Crippen LogP contribution >= 0.6 is 0 Å². The van der Waals surface area contributed by atoms with Gasteiger partial charge in [-0.05, 0) is 35.4 Å². The molecular weight excluding hydrogens is 192 g/mol. The lowest BCUT2D eigenvalue weighted by molar-refractivity contribution is 1.57. The van der Waals surface area contributed by atoms with Crippen molar-refractivity contribution in [3.05, 3.63) is 59.7 Å². The van der Waals surface area contributed by atoms with E-state index in [0.717, 1.165) is 22.3 Å². The average molecular weight is 202 g/mol. The third kappa shape index (κ3) is 1.97. The molecule has 0 nitrogen and oxygen atoms in total. The largest absolute Gasteiger partial charge is 0.115 e. The maximum atomic E-state index is 5.37. The second kappa shape index (κ2) is 4.39. The summed E-state index contributed by atoms with van der Waals surface area (Å²) >= 11 is 0. The summed E-state index contributed by atoms with van der Waals surface area (Å²) in [5, 5.41) is 0. The van der Waals surface area contributed by atoms with Crippen molar-refractivity contribution in [1.29, 1.82) is 0 Å². The maximum absolute atomic E-state index is 5.37. The molecule has 0 aliphatic rings. The van der Waals surface area contributed by atoms with E-state index >= 15 is 0 Å². The molecule has 2 rings (SSSR count). The van der Waals surface area contributed by atoms with Gasteiger partial charge in [0.15, 0.2) is 0 Å². The summed E-state index contributed by atoms with van der Waals surface area (Å²) in [7, 11) is 0. The van der Waals surface area contributed by atoms with Gasteiger partial charge in [0.1, 0.15) is 0 Å². The Morgan fingerprint density at radius 3 is 1.50 bits per heavy atom. The van der Waals surface area contributed by atoms with E-state index in [2.05, 4.69) is 11.8 Å². The molecule has 0 saturated carbocycles. The first-order valence-electron chi connectivity index (χ1n) is 4.97. The van der Waals surface area contributed by atoms with Gasteiger partial charge < -0.3 is 0 Å². The van der Waals surface area contributed by atoms with Crippen molar-refractivity contribution >= 4 is 0 Å². The number of terminal acetylenes is 2. The zero-order valence-electron chi connectivity index (χ0n) is 8.77. The average Bonchev–Trinajstić information content (AvgIpc) is 2.39. The zero-order valence-corrected chi connectivity index (χ0v) is 8.77. The number of hydrogen-bond acceptors (Lipinski definition) is 0. The van der Waals surface area contributed by atoms with E-state index in [1.165, 1.54) is 0 Å². The van der Waals surface area contributed by atoms with Gasteiger partial charge in [-0.2, -0.15) is 0 Å². The summed E-state index contributed by atoms with van der Waals surface area (Å²) < 4.78 is 0. The second-order valence-corrected chi connectivity index (χ2v) is 3.45. The molecule has 0 bridgehead atoms. The van der Waals surface area contributed by atoms with Gasteiger partial charge in [-0.15, -0.1) is 12.8 Å². The van der Waals surface area contributed by atoms with Crippen molar-refractivity contribution in [1.82, 2.24) is 0 Å². The van der Waals surface area contributed by atoms with Gasteiger partial charge in [0.2, 0.25) is 0 Å². The molecule has 0 heteroatoms. The van der Waals surface area contributed by atoms with E-state index < -0.39 is 0 Å². The molecule has 0 fully saturated rings. The molecule has 0 N–H and O–H groups in total. The number of benzene rings is 2.